The van der Waals surface area contributed by atoms with Crippen LogP contribution in [0.5, 0.6) is 0 Å². The van der Waals surface area contributed by atoms with Gasteiger partial charge in [0.1, 0.15) is 0 Å². The fourth-order valence-corrected chi connectivity index (χ4v) is 3.50. The lowest BCUT2D eigenvalue weighted by atomic mass is 9.96. The third-order valence-electron chi connectivity index (χ3n) is 5.16. The number of rotatable bonds is 6. The van der Waals surface area contributed by atoms with Gasteiger partial charge in [0.05, 0.1) is 5.56 Å². The van der Waals surface area contributed by atoms with Crippen LogP contribution in [-0.4, -0.2) is 51.1 Å². The lowest BCUT2D eigenvalue weighted by Gasteiger charge is -2.30. The van der Waals surface area contributed by atoms with Gasteiger partial charge in [0.2, 0.25) is 0 Å². The van der Waals surface area contributed by atoms with Gasteiger partial charge in [-0.2, -0.15) is 13.2 Å². The minimum Gasteiger partial charge on any atom is -0.356 e. The van der Waals surface area contributed by atoms with E-state index in [9.17, 15) is 13.2 Å². The van der Waals surface area contributed by atoms with Crippen LogP contribution in [0.2, 0.25) is 0 Å². The molecule has 0 bridgehead atoms. The number of nitrogens with zero attached hydrogens (tertiary/aromatic N) is 2. The van der Waals surface area contributed by atoms with Crippen molar-refractivity contribution in [2.75, 3.05) is 40.3 Å². The first-order valence-electron chi connectivity index (χ1n) is 9.59. The van der Waals surface area contributed by atoms with E-state index >= 15 is 0 Å². The molecule has 2 N–H and O–H groups in total. The first kappa shape index (κ1) is 25.0. The largest absolute Gasteiger partial charge is 0.416 e. The van der Waals surface area contributed by atoms with Gasteiger partial charge in [-0.05, 0) is 56.3 Å². The molecule has 1 aromatic rings. The Kier molecular flexibility index (Phi) is 10.6. The Morgan fingerprint density at radius 2 is 2.07 bits per heavy atom. The highest BCUT2D eigenvalue weighted by atomic mass is 127. The molecule has 1 aliphatic heterocycles. The number of alkyl halides is 3. The standard InChI is InChI=1S/C20H31F3N4.HI/c1-15(17-7-4-8-18(12-17)20(21,22)23)9-10-25-19(24-2)26-13-16-6-5-11-27(3)14-16;/h4,7-8,12,15-16H,5-6,9-11,13-14H2,1-3H3,(H2,24,25,26);1H. The Morgan fingerprint density at radius 1 is 1.32 bits per heavy atom. The van der Waals surface area contributed by atoms with E-state index in [4.69, 9.17) is 0 Å². The number of aliphatic imine (C=N–C) groups is 1. The summed E-state index contributed by atoms with van der Waals surface area (Å²) < 4.78 is 38.6. The van der Waals surface area contributed by atoms with Crippen LogP contribution >= 0.6 is 24.0 Å². The summed E-state index contributed by atoms with van der Waals surface area (Å²) in [6.45, 7) is 5.74. The third kappa shape index (κ3) is 8.14. The maximum atomic E-state index is 12.9. The molecule has 0 amide bonds. The monoisotopic (exact) mass is 512 g/mol. The number of halogens is 4. The molecule has 160 valence electrons. The lowest BCUT2D eigenvalue weighted by Crippen LogP contribution is -2.43. The van der Waals surface area contributed by atoms with Crippen LogP contribution in [0.1, 0.15) is 43.2 Å². The minimum absolute atomic E-state index is 0. The molecule has 28 heavy (non-hydrogen) atoms. The zero-order valence-electron chi connectivity index (χ0n) is 16.9. The molecule has 1 aliphatic rings. The average molecular weight is 512 g/mol. The summed E-state index contributed by atoms with van der Waals surface area (Å²) in [5.74, 6) is 1.40. The molecule has 0 radical (unpaired) electrons. The van der Waals surface area contributed by atoms with Gasteiger partial charge in [0.25, 0.3) is 0 Å². The van der Waals surface area contributed by atoms with Gasteiger partial charge in [0.15, 0.2) is 5.96 Å². The van der Waals surface area contributed by atoms with Gasteiger partial charge < -0.3 is 15.5 Å². The molecule has 2 atom stereocenters. The Labute approximate surface area is 183 Å². The van der Waals surface area contributed by atoms with E-state index in [1.807, 2.05) is 6.92 Å². The SMILES string of the molecule is CN=C(NCCC(C)c1cccc(C(F)(F)F)c1)NCC1CCCN(C)C1.I. The van der Waals surface area contributed by atoms with Crippen molar-refractivity contribution in [3.8, 4) is 0 Å². The van der Waals surface area contributed by atoms with Gasteiger partial charge in [-0.3, -0.25) is 4.99 Å². The number of guanidine groups is 1. The van der Waals surface area contributed by atoms with Crippen molar-refractivity contribution in [3.05, 3.63) is 35.4 Å². The topological polar surface area (TPSA) is 39.7 Å². The Balaban J connectivity index is 0.00000392. The van der Waals surface area contributed by atoms with E-state index in [2.05, 4.69) is 27.6 Å². The van der Waals surface area contributed by atoms with Gasteiger partial charge in [-0.15, -0.1) is 24.0 Å². The van der Waals surface area contributed by atoms with E-state index < -0.39 is 11.7 Å². The zero-order valence-corrected chi connectivity index (χ0v) is 19.2. The second-order valence-corrected chi connectivity index (χ2v) is 7.46. The van der Waals surface area contributed by atoms with Crippen molar-refractivity contribution < 1.29 is 13.2 Å². The van der Waals surface area contributed by atoms with Crippen molar-refractivity contribution in [2.24, 2.45) is 10.9 Å². The van der Waals surface area contributed by atoms with Gasteiger partial charge in [-0.25, -0.2) is 0 Å². The van der Waals surface area contributed by atoms with Crippen molar-refractivity contribution in [1.82, 2.24) is 15.5 Å². The molecule has 2 unspecified atom stereocenters. The van der Waals surface area contributed by atoms with Crippen LogP contribution < -0.4 is 10.6 Å². The van der Waals surface area contributed by atoms with Crippen molar-refractivity contribution in [1.29, 1.82) is 0 Å². The average Bonchev–Trinajstić information content (AvgIpc) is 2.64. The smallest absolute Gasteiger partial charge is 0.356 e. The highest BCUT2D eigenvalue weighted by molar-refractivity contribution is 14.0. The summed E-state index contributed by atoms with van der Waals surface area (Å²) in [4.78, 5) is 6.59. The zero-order chi connectivity index (χ0) is 19.9. The van der Waals surface area contributed by atoms with Crippen LogP contribution in [0, 0.1) is 5.92 Å². The summed E-state index contributed by atoms with van der Waals surface area (Å²) >= 11 is 0. The van der Waals surface area contributed by atoms with Gasteiger partial charge >= 0.3 is 6.18 Å². The molecular weight excluding hydrogens is 480 g/mol. The molecule has 1 fully saturated rings. The number of hydrogen-bond acceptors (Lipinski definition) is 2. The Bertz CT molecular complexity index is 622. The summed E-state index contributed by atoms with van der Waals surface area (Å²) in [5, 5.41) is 6.63. The number of likely N-dealkylation sites (tertiary alicyclic amines) is 1. The maximum absolute atomic E-state index is 12.9. The van der Waals surface area contributed by atoms with E-state index in [0.717, 1.165) is 38.1 Å². The summed E-state index contributed by atoms with van der Waals surface area (Å²) in [7, 11) is 3.88. The summed E-state index contributed by atoms with van der Waals surface area (Å²) in [6.07, 6.45) is -1.12. The molecule has 1 heterocycles. The highest BCUT2D eigenvalue weighted by Crippen LogP contribution is 2.31. The molecule has 0 aromatic heterocycles. The second-order valence-electron chi connectivity index (χ2n) is 7.46. The first-order valence-corrected chi connectivity index (χ1v) is 9.59. The highest BCUT2D eigenvalue weighted by Gasteiger charge is 2.30. The van der Waals surface area contributed by atoms with Gasteiger partial charge in [-0.1, -0.05) is 25.1 Å². The summed E-state index contributed by atoms with van der Waals surface area (Å²) in [5.41, 5.74) is 0.120. The number of benzene rings is 1. The van der Waals surface area contributed by atoms with Crippen LogP contribution in [0.3, 0.4) is 0 Å². The maximum Gasteiger partial charge on any atom is 0.416 e. The fourth-order valence-electron chi connectivity index (χ4n) is 3.50. The molecular formula is C20H32F3IN4. The predicted molar refractivity (Wildman–Crippen MR) is 119 cm³/mol. The normalized spacial score (nSPS) is 19.6. The van der Waals surface area contributed by atoms with E-state index in [0.29, 0.717) is 18.0 Å². The second kappa shape index (κ2) is 11.8. The quantitative estimate of drug-likeness (QED) is 0.339. The van der Waals surface area contributed by atoms with Crippen LogP contribution in [0.25, 0.3) is 0 Å². The molecule has 0 spiro atoms. The summed E-state index contributed by atoms with van der Waals surface area (Å²) in [6, 6.07) is 5.59. The van der Waals surface area contributed by atoms with Gasteiger partial charge in [0, 0.05) is 26.7 Å². The van der Waals surface area contributed by atoms with Crippen LogP contribution in [0.4, 0.5) is 13.2 Å². The Hall–Kier alpha value is -1.03. The van der Waals surface area contributed by atoms with Crippen molar-refractivity contribution >= 4 is 29.9 Å². The van der Waals surface area contributed by atoms with Crippen LogP contribution in [-0.2, 0) is 6.18 Å². The van der Waals surface area contributed by atoms with E-state index in [1.54, 1.807) is 13.1 Å². The van der Waals surface area contributed by atoms with E-state index in [1.165, 1.54) is 25.0 Å². The van der Waals surface area contributed by atoms with Crippen molar-refractivity contribution in [3.63, 3.8) is 0 Å². The minimum atomic E-state index is -4.30. The number of piperidine rings is 1. The van der Waals surface area contributed by atoms with Crippen molar-refractivity contribution in [2.45, 2.75) is 38.3 Å². The number of hydrogen-bond donors (Lipinski definition) is 2. The predicted octanol–water partition coefficient (Wildman–Crippen LogP) is 4.32. The lowest BCUT2D eigenvalue weighted by molar-refractivity contribution is -0.137. The molecule has 4 nitrogen and oxygen atoms in total. The molecule has 8 heteroatoms. The molecule has 0 saturated carbocycles. The van der Waals surface area contributed by atoms with E-state index in [-0.39, 0.29) is 29.9 Å². The molecule has 2 rings (SSSR count). The first-order chi connectivity index (χ1) is 12.8. The number of nitrogens with one attached hydrogen (secondary N) is 2. The molecule has 1 saturated heterocycles. The Morgan fingerprint density at radius 3 is 2.71 bits per heavy atom. The van der Waals surface area contributed by atoms with Crippen LogP contribution in [0.15, 0.2) is 29.3 Å². The third-order valence-corrected chi connectivity index (χ3v) is 5.16. The molecule has 1 aromatic carbocycles. The fraction of sp³-hybridized carbons (Fsp3) is 0.650. The molecule has 0 aliphatic carbocycles.